The van der Waals surface area contributed by atoms with Crippen molar-refractivity contribution in [1.29, 1.82) is 0 Å². The van der Waals surface area contributed by atoms with Crippen LogP contribution in [0.25, 0.3) is 0 Å². The molecule has 7 heteroatoms. The number of aliphatic hydroxyl groups is 2. The molecule has 1 aromatic rings. The Bertz CT molecular complexity index is 441. The summed E-state index contributed by atoms with van der Waals surface area (Å²) in [7, 11) is 1.26. The second-order valence-corrected chi connectivity index (χ2v) is 4.96. The molecule has 0 aromatic heterocycles. The van der Waals surface area contributed by atoms with Gasteiger partial charge in [0.15, 0.2) is 0 Å². The van der Waals surface area contributed by atoms with Gasteiger partial charge in [0.05, 0.1) is 30.4 Å². The molecule has 0 bridgehead atoms. The van der Waals surface area contributed by atoms with Gasteiger partial charge in [-0.3, -0.25) is 0 Å². The van der Waals surface area contributed by atoms with Crippen LogP contribution in [0.1, 0.15) is 10.4 Å². The van der Waals surface area contributed by atoms with Crippen molar-refractivity contribution >= 4 is 35.0 Å². The number of hydrogen-bond donors (Lipinski definition) is 3. The number of esters is 1. The van der Waals surface area contributed by atoms with Crippen LogP contribution in [-0.2, 0) is 4.74 Å². The first-order valence-corrected chi connectivity index (χ1v) is 6.45. The molecule has 1 aromatic carbocycles. The van der Waals surface area contributed by atoms with Crippen LogP contribution in [0.3, 0.4) is 0 Å². The van der Waals surface area contributed by atoms with Crippen LogP contribution in [0.5, 0.6) is 0 Å². The minimum absolute atomic E-state index is 0.212. The molecule has 4 N–H and O–H groups in total. The first-order chi connectivity index (χ1) is 8.49. The maximum Gasteiger partial charge on any atom is 0.339 e. The van der Waals surface area contributed by atoms with Gasteiger partial charge in [0.2, 0.25) is 0 Å². The predicted octanol–water partition coefficient (Wildman–Crippen LogP) is 1.15. The van der Waals surface area contributed by atoms with Crippen molar-refractivity contribution in [2.75, 3.05) is 25.2 Å². The second-order valence-electron chi connectivity index (χ2n) is 3.52. The molecule has 1 atom stereocenters. The molecule has 0 spiro atoms. The van der Waals surface area contributed by atoms with Gasteiger partial charge >= 0.3 is 5.97 Å². The Balaban J connectivity index is 3.04. The molecule has 0 saturated heterocycles. The van der Waals surface area contributed by atoms with E-state index < -0.39 is 12.1 Å². The Morgan fingerprint density at radius 3 is 2.83 bits per heavy atom. The smallest absolute Gasteiger partial charge is 0.339 e. The minimum Gasteiger partial charge on any atom is -0.465 e. The molecule has 0 aliphatic heterocycles. The van der Waals surface area contributed by atoms with E-state index in [2.05, 4.69) is 4.74 Å². The van der Waals surface area contributed by atoms with E-state index in [-0.39, 0.29) is 17.9 Å². The largest absolute Gasteiger partial charge is 0.465 e. The Morgan fingerprint density at radius 2 is 2.28 bits per heavy atom. The van der Waals surface area contributed by atoms with Gasteiger partial charge in [-0.1, -0.05) is 11.6 Å². The van der Waals surface area contributed by atoms with Crippen LogP contribution in [0.15, 0.2) is 17.0 Å². The SMILES string of the molecule is COC(=O)c1cc(N)cc(Cl)c1SCC(O)CO. The molecule has 0 radical (unpaired) electrons. The van der Waals surface area contributed by atoms with E-state index in [1.54, 1.807) is 0 Å². The standard InChI is InChI=1S/C11H14ClNO4S/c1-17-11(16)8-2-6(13)3-9(12)10(8)18-5-7(15)4-14/h2-3,7,14-15H,4-5,13H2,1H3. The molecule has 0 heterocycles. The zero-order valence-corrected chi connectivity index (χ0v) is 11.3. The highest BCUT2D eigenvalue weighted by Gasteiger charge is 2.17. The number of halogens is 1. The van der Waals surface area contributed by atoms with Gasteiger partial charge in [0.1, 0.15) is 0 Å². The van der Waals surface area contributed by atoms with E-state index in [0.717, 1.165) is 11.8 Å². The Hall–Kier alpha value is -0.950. The quantitative estimate of drug-likeness (QED) is 0.428. The summed E-state index contributed by atoms with van der Waals surface area (Å²) in [5.41, 5.74) is 6.21. The van der Waals surface area contributed by atoms with Crippen molar-refractivity contribution in [1.82, 2.24) is 0 Å². The van der Waals surface area contributed by atoms with Crippen LogP contribution in [0, 0.1) is 0 Å². The number of methoxy groups -OCH3 is 1. The third kappa shape index (κ3) is 3.78. The van der Waals surface area contributed by atoms with Crippen LogP contribution in [-0.4, -0.2) is 41.8 Å². The van der Waals surface area contributed by atoms with E-state index in [9.17, 15) is 9.90 Å². The van der Waals surface area contributed by atoms with Crippen molar-refractivity contribution in [3.05, 3.63) is 22.7 Å². The maximum atomic E-state index is 11.6. The third-order valence-corrected chi connectivity index (χ3v) is 3.79. The molecule has 0 fully saturated rings. The van der Waals surface area contributed by atoms with Gasteiger partial charge in [-0.2, -0.15) is 0 Å². The van der Waals surface area contributed by atoms with Gasteiger partial charge < -0.3 is 20.7 Å². The Morgan fingerprint density at radius 1 is 1.61 bits per heavy atom. The van der Waals surface area contributed by atoms with Crippen molar-refractivity contribution in [2.24, 2.45) is 0 Å². The summed E-state index contributed by atoms with van der Waals surface area (Å²) in [5.74, 6) is -0.338. The van der Waals surface area contributed by atoms with Crippen molar-refractivity contribution in [3.8, 4) is 0 Å². The summed E-state index contributed by atoms with van der Waals surface area (Å²) >= 11 is 7.17. The lowest BCUT2D eigenvalue weighted by atomic mass is 10.2. The summed E-state index contributed by atoms with van der Waals surface area (Å²) in [5, 5.41) is 18.4. The molecule has 18 heavy (non-hydrogen) atoms. The van der Waals surface area contributed by atoms with E-state index >= 15 is 0 Å². The summed E-state index contributed by atoms with van der Waals surface area (Å²) in [4.78, 5) is 12.1. The van der Waals surface area contributed by atoms with Crippen LogP contribution >= 0.6 is 23.4 Å². The lowest BCUT2D eigenvalue weighted by Crippen LogP contribution is -2.15. The number of ether oxygens (including phenoxy) is 1. The first-order valence-electron chi connectivity index (χ1n) is 5.08. The fourth-order valence-electron chi connectivity index (χ4n) is 1.25. The number of carbonyl (C=O) groups excluding carboxylic acids is 1. The molecule has 0 saturated carbocycles. The number of nitrogens with two attached hydrogens (primary N) is 1. The number of rotatable bonds is 5. The third-order valence-electron chi connectivity index (χ3n) is 2.10. The van der Waals surface area contributed by atoms with Gasteiger partial charge in [-0.25, -0.2) is 4.79 Å². The molecule has 0 amide bonds. The normalized spacial score (nSPS) is 12.2. The van der Waals surface area contributed by atoms with Crippen molar-refractivity contribution in [3.63, 3.8) is 0 Å². The Kier molecular flexibility index (Phi) is 5.74. The average Bonchev–Trinajstić information content (AvgIpc) is 2.35. The molecule has 0 aliphatic carbocycles. The van der Waals surface area contributed by atoms with Crippen LogP contribution in [0.4, 0.5) is 5.69 Å². The molecule has 0 aliphatic rings. The van der Waals surface area contributed by atoms with Crippen molar-refractivity contribution < 1.29 is 19.7 Å². The summed E-state index contributed by atoms with van der Waals surface area (Å²) < 4.78 is 4.64. The molecule has 5 nitrogen and oxygen atoms in total. The predicted molar refractivity (Wildman–Crippen MR) is 71.0 cm³/mol. The van der Waals surface area contributed by atoms with E-state index in [4.69, 9.17) is 22.4 Å². The summed E-state index contributed by atoms with van der Waals surface area (Å²) in [6.45, 7) is -0.354. The fourth-order valence-corrected chi connectivity index (χ4v) is 2.61. The highest BCUT2D eigenvalue weighted by molar-refractivity contribution is 7.99. The lowest BCUT2D eigenvalue weighted by molar-refractivity contribution is 0.0596. The van der Waals surface area contributed by atoms with Gasteiger partial charge in [0, 0.05) is 16.3 Å². The molecular formula is C11H14ClNO4S. The molecule has 1 rings (SSSR count). The van der Waals surface area contributed by atoms with Gasteiger partial charge in [0.25, 0.3) is 0 Å². The maximum absolute atomic E-state index is 11.6. The van der Waals surface area contributed by atoms with E-state index in [1.165, 1.54) is 19.2 Å². The molecule has 100 valence electrons. The first kappa shape index (κ1) is 15.1. The highest BCUT2D eigenvalue weighted by atomic mass is 35.5. The van der Waals surface area contributed by atoms with E-state index in [0.29, 0.717) is 15.6 Å². The number of anilines is 1. The van der Waals surface area contributed by atoms with Gasteiger partial charge in [-0.05, 0) is 12.1 Å². The number of thioether (sulfide) groups is 1. The molecular weight excluding hydrogens is 278 g/mol. The summed E-state index contributed by atoms with van der Waals surface area (Å²) in [6, 6.07) is 2.98. The molecule has 1 unspecified atom stereocenters. The highest BCUT2D eigenvalue weighted by Crippen LogP contribution is 2.33. The van der Waals surface area contributed by atoms with Crippen LogP contribution in [0.2, 0.25) is 5.02 Å². The number of hydrogen-bond acceptors (Lipinski definition) is 6. The zero-order valence-electron chi connectivity index (χ0n) is 9.72. The zero-order chi connectivity index (χ0) is 13.7. The second kappa shape index (κ2) is 6.84. The number of aliphatic hydroxyl groups excluding tert-OH is 2. The average molecular weight is 292 g/mol. The number of benzene rings is 1. The van der Waals surface area contributed by atoms with Crippen molar-refractivity contribution in [2.45, 2.75) is 11.0 Å². The topological polar surface area (TPSA) is 92.8 Å². The fraction of sp³-hybridized carbons (Fsp3) is 0.364. The van der Waals surface area contributed by atoms with Crippen LogP contribution < -0.4 is 5.73 Å². The Labute approximate surface area is 114 Å². The minimum atomic E-state index is -0.880. The number of carbonyl (C=O) groups is 1. The van der Waals surface area contributed by atoms with E-state index in [1.807, 2.05) is 0 Å². The number of nitrogen functional groups attached to an aromatic ring is 1. The van der Waals surface area contributed by atoms with Gasteiger partial charge in [-0.15, -0.1) is 11.8 Å². The monoisotopic (exact) mass is 291 g/mol. The summed E-state index contributed by atoms with van der Waals surface area (Å²) in [6.07, 6.45) is -0.880. The lowest BCUT2D eigenvalue weighted by Gasteiger charge is -2.12.